The van der Waals surface area contributed by atoms with Crippen molar-refractivity contribution in [3.8, 4) is 16.9 Å². The number of anilines is 1. The van der Waals surface area contributed by atoms with Crippen molar-refractivity contribution in [2.24, 2.45) is 0 Å². The Balaban J connectivity index is 1.84. The summed E-state index contributed by atoms with van der Waals surface area (Å²) in [7, 11) is 1.54. The lowest BCUT2D eigenvalue weighted by Crippen LogP contribution is -2.31. The number of nitrogens with one attached hydrogen (secondary N) is 3. The minimum atomic E-state index is -4.40. The summed E-state index contributed by atoms with van der Waals surface area (Å²) in [6.45, 7) is 5.31. The van der Waals surface area contributed by atoms with Gasteiger partial charge in [-0.25, -0.2) is 0 Å². The van der Waals surface area contributed by atoms with Crippen LogP contribution in [0.3, 0.4) is 0 Å². The molecule has 3 aromatic carbocycles. The molecule has 0 spiro atoms. The van der Waals surface area contributed by atoms with Crippen LogP contribution < -0.4 is 20.9 Å². The lowest BCUT2D eigenvalue weighted by molar-refractivity contribution is -0.127. The number of amides is 2. The first kappa shape index (κ1) is 28.3. The van der Waals surface area contributed by atoms with Crippen molar-refractivity contribution in [3.63, 3.8) is 0 Å². The summed E-state index contributed by atoms with van der Waals surface area (Å²) < 4.78 is 43.6. The van der Waals surface area contributed by atoms with Crippen LogP contribution in [0.25, 0.3) is 11.1 Å². The van der Waals surface area contributed by atoms with Gasteiger partial charge in [0.05, 0.1) is 13.5 Å². The van der Waals surface area contributed by atoms with Crippen molar-refractivity contribution < 1.29 is 32.7 Å². The Kier molecular flexibility index (Phi) is 8.80. The van der Waals surface area contributed by atoms with Gasteiger partial charge in [-0.3, -0.25) is 20.3 Å². The van der Waals surface area contributed by atoms with Crippen molar-refractivity contribution in [2.45, 2.75) is 33.4 Å². The molecule has 7 nitrogen and oxygen atoms in total. The molecule has 0 atom stereocenters. The van der Waals surface area contributed by atoms with Gasteiger partial charge in [0.15, 0.2) is 0 Å². The number of alkyl halides is 3. The van der Waals surface area contributed by atoms with E-state index in [2.05, 4.69) is 10.6 Å². The number of hydrogen-bond donors (Lipinski definition) is 4. The fourth-order valence-electron chi connectivity index (χ4n) is 4.08. The summed E-state index contributed by atoms with van der Waals surface area (Å²) in [6.07, 6.45) is -5.56. The molecule has 0 heterocycles. The first-order valence-corrected chi connectivity index (χ1v) is 11.6. The minimum Gasteiger partial charge on any atom is -0.496 e. The van der Waals surface area contributed by atoms with E-state index in [0.29, 0.717) is 5.75 Å². The molecule has 10 heteroatoms. The summed E-state index contributed by atoms with van der Waals surface area (Å²) in [5.41, 5.74) is 5.34. The Bertz CT molecular complexity index is 1360. The van der Waals surface area contributed by atoms with E-state index < -0.39 is 24.4 Å². The number of benzene rings is 3. The summed E-state index contributed by atoms with van der Waals surface area (Å²) in [5.74, 6) is -0.832. The molecular formula is C28H28F3N3O4. The Labute approximate surface area is 218 Å². The molecular weight excluding hydrogens is 499 g/mol. The average Bonchev–Trinajstić information content (AvgIpc) is 2.83. The van der Waals surface area contributed by atoms with Crippen LogP contribution in [0.5, 0.6) is 5.75 Å². The van der Waals surface area contributed by atoms with Crippen molar-refractivity contribution in [2.75, 3.05) is 12.4 Å². The van der Waals surface area contributed by atoms with Crippen molar-refractivity contribution >= 4 is 17.5 Å². The van der Waals surface area contributed by atoms with Crippen molar-refractivity contribution in [1.82, 2.24) is 10.8 Å². The van der Waals surface area contributed by atoms with Gasteiger partial charge in [0, 0.05) is 22.5 Å². The summed E-state index contributed by atoms with van der Waals surface area (Å²) >= 11 is 0. The lowest BCUT2D eigenvalue weighted by atomic mass is 9.93. The number of carbonyl (C=O) groups excluding carboxylic acids is 2. The summed E-state index contributed by atoms with van der Waals surface area (Å²) in [4.78, 5) is 25.8. The maximum Gasteiger partial charge on any atom is 0.393 e. The molecule has 0 bridgehead atoms. The molecule has 0 aliphatic heterocycles. The number of hydrogen-bond acceptors (Lipinski definition) is 5. The number of halogens is 3. The molecule has 0 saturated heterocycles. The zero-order chi connectivity index (χ0) is 28.0. The Morgan fingerprint density at radius 3 is 2.24 bits per heavy atom. The lowest BCUT2D eigenvalue weighted by Gasteiger charge is -2.16. The van der Waals surface area contributed by atoms with Crippen LogP contribution in [0, 0.1) is 13.8 Å². The smallest absolute Gasteiger partial charge is 0.393 e. The van der Waals surface area contributed by atoms with Crippen LogP contribution in [0.2, 0.25) is 0 Å². The largest absolute Gasteiger partial charge is 0.496 e. The first-order valence-electron chi connectivity index (χ1n) is 11.6. The van der Waals surface area contributed by atoms with Gasteiger partial charge < -0.3 is 15.4 Å². The highest BCUT2D eigenvalue weighted by molar-refractivity contribution is 6.05. The summed E-state index contributed by atoms with van der Waals surface area (Å²) in [5, 5.41) is 14.6. The Morgan fingerprint density at radius 1 is 0.974 bits per heavy atom. The van der Waals surface area contributed by atoms with Gasteiger partial charge in [-0.15, -0.1) is 0 Å². The quantitative estimate of drug-likeness (QED) is 0.224. The fraction of sp³-hybridized carbons (Fsp3) is 0.214. The molecule has 4 N–H and O–H groups in total. The third-order valence-corrected chi connectivity index (χ3v) is 5.82. The van der Waals surface area contributed by atoms with Gasteiger partial charge >= 0.3 is 6.18 Å². The topological polar surface area (TPSA) is 99.7 Å². The normalized spacial score (nSPS) is 11.9. The zero-order valence-corrected chi connectivity index (χ0v) is 21.3. The molecule has 0 unspecified atom stereocenters. The van der Waals surface area contributed by atoms with Crippen LogP contribution >= 0.6 is 0 Å². The maximum absolute atomic E-state index is 13.1. The van der Waals surface area contributed by atoms with Gasteiger partial charge in [0.1, 0.15) is 11.4 Å². The van der Waals surface area contributed by atoms with Gasteiger partial charge in [0.25, 0.3) is 11.8 Å². The third kappa shape index (κ3) is 6.92. The molecule has 0 aliphatic carbocycles. The number of methoxy groups -OCH3 is 1. The fourth-order valence-corrected chi connectivity index (χ4v) is 4.08. The van der Waals surface area contributed by atoms with Gasteiger partial charge in [-0.1, -0.05) is 30.3 Å². The number of hydroxylamine groups is 1. The van der Waals surface area contributed by atoms with Crippen molar-refractivity contribution in [1.29, 1.82) is 0 Å². The van der Waals surface area contributed by atoms with Crippen molar-refractivity contribution in [3.05, 3.63) is 94.3 Å². The average molecular weight is 528 g/mol. The predicted molar refractivity (Wildman–Crippen MR) is 138 cm³/mol. The second-order valence-corrected chi connectivity index (χ2v) is 8.69. The van der Waals surface area contributed by atoms with E-state index in [1.807, 2.05) is 32.0 Å². The van der Waals surface area contributed by atoms with E-state index in [4.69, 9.17) is 4.74 Å². The number of carbonyl (C=O) groups is 2. The van der Waals surface area contributed by atoms with Crippen LogP contribution in [0.1, 0.15) is 34.0 Å². The van der Waals surface area contributed by atoms with E-state index in [1.54, 1.807) is 23.7 Å². The van der Waals surface area contributed by atoms with E-state index in [0.717, 1.165) is 22.3 Å². The highest BCUT2D eigenvalue weighted by Crippen LogP contribution is 2.35. The first-order chi connectivity index (χ1) is 17.9. The van der Waals surface area contributed by atoms with E-state index in [-0.39, 0.29) is 28.2 Å². The molecule has 0 aromatic heterocycles. The molecule has 200 valence electrons. The van der Waals surface area contributed by atoms with Gasteiger partial charge in [0.2, 0.25) is 0 Å². The van der Waals surface area contributed by atoms with Crippen LogP contribution in [-0.2, 0) is 11.2 Å². The molecule has 3 rings (SSSR count). The number of rotatable bonds is 8. The number of allylic oxidation sites excluding steroid dienone is 1. The summed E-state index contributed by atoms with van der Waals surface area (Å²) in [6, 6.07) is 16.0. The maximum atomic E-state index is 13.1. The molecule has 3 aromatic rings. The van der Waals surface area contributed by atoms with Gasteiger partial charge in [-0.2, -0.15) is 13.2 Å². The minimum absolute atomic E-state index is 0.00844. The number of ether oxygens (including phenoxy) is 1. The standard InChI is InChI=1S/C28H28F3N3O4/c1-16-7-5-8-17(2)24(16)22-14-20(11-12-23(22)38-4)26(35)32-18(3)25(34-37)27(36)33-21-10-6-9-19(13-21)15-28(29,30)31/h5-14,34,37H,15H2,1-4H3,(H,32,35)(H,33,36)/b25-18-. The van der Waals surface area contributed by atoms with Crippen LogP contribution in [0.4, 0.5) is 18.9 Å². The molecule has 0 radical (unpaired) electrons. The third-order valence-electron chi connectivity index (χ3n) is 5.82. The number of aryl methyl sites for hydroxylation is 2. The van der Waals surface area contributed by atoms with E-state index in [1.165, 1.54) is 38.3 Å². The molecule has 38 heavy (non-hydrogen) atoms. The van der Waals surface area contributed by atoms with E-state index in [9.17, 15) is 28.0 Å². The SMILES string of the molecule is COc1ccc(C(=O)N/C(C)=C(\NO)C(=O)Nc2cccc(CC(F)(F)F)c2)cc1-c1c(C)cccc1C. The van der Waals surface area contributed by atoms with Crippen LogP contribution in [0.15, 0.2) is 72.1 Å². The Morgan fingerprint density at radius 2 is 1.63 bits per heavy atom. The second kappa shape index (κ2) is 11.8. The molecule has 0 saturated carbocycles. The van der Waals surface area contributed by atoms with Crippen LogP contribution in [-0.4, -0.2) is 30.3 Å². The van der Waals surface area contributed by atoms with E-state index >= 15 is 0 Å². The molecule has 2 amide bonds. The monoisotopic (exact) mass is 527 g/mol. The Hall–Kier alpha value is -4.31. The highest BCUT2D eigenvalue weighted by atomic mass is 19.4. The second-order valence-electron chi connectivity index (χ2n) is 8.69. The predicted octanol–water partition coefficient (Wildman–Crippen LogP) is 5.66. The molecule has 0 fully saturated rings. The van der Waals surface area contributed by atoms with Gasteiger partial charge in [-0.05, 0) is 73.4 Å². The molecule has 0 aliphatic rings. The zero-order valence-electron chi connectivity index (χ0n) is 21.3. The highest BCUT2D eigenvalue weighted by Gasteiger charge is 2.27.